The summed E-state index contributed by atoms with van der Waals surface area (Å²) in [5, 5.41) is 47.7. The van der Waals surface area contributed by atoms with Crippen LogP contribution in [-0.4, -0.2) is 173 Å². The Morgan fingerprint density at radius 1 is 0.656 bits per heavy atom. The summed E-state index contributed by atoms with van der Waals surface area (Å²) in [6.07, 6.45) is -4.96. The van der Waals surface area contributed by atoms with Crippen LogP contribution < -0.4 is 64.6 Å². The van der Waals surface area contributed by atoms with Crippen molar-refractivity contribution in [3.05, 3.63) is 48.0 Å². The number of primary amides is 1. The fraction of sp³-hybridized carbons (Fsp3) is 0.639. The standard InChI is InChI=1S/C61H92F2N12O15/c1-11-29(5)45(70-51(80)39(64)24-35-19-20-36-17-15-16-18-37(36)23-35)55(84)68-41(27-76)53(82)67-40(21-22-44(65)78)52(81)71-47(31(7)13-3)57(86)72-46(30(6)12-2)56(85)69-42(28-77)54(83)73-49-34(10)90-59(88)48(32(8)14-4)74-60(89)61(26-38(61)25-43(62)63)75-50(79)33(9)66-58(49)87/h15-20,23,29-34,38-43,45-49,76-77H,11-14,21-22,24-28,64H2,1-10H3,(H2,65,78)(H,66,87)(H,67,82)(H,68,84)(H,69,85)(H,70,80)(H,71,81)(H,72,86)(H,73,83)(H,74,89)(H,75,79)/t29-,30-,31-,32-,33-,34-,38?,39+,40+,41-,42-,45-,46-,47+,48-,49+,61?/m0/s1. The number of alkyl halides is 2. The van der Waals surface area contributed by atoms with Gasteiger partial charge in [0.15, 0.2) is 0 Å². The molecule has 1 aliphatic heterocycles. The molecule has 17 atom stereocenters. The third-order valence-corrected chi connectivity index (χ3v) is 17.1. The number of cyclic esters (lactones) is 1. The molecule has 2 unspecified atom stereocenters. The van der Waals surface area contributed by atoms with Crippen molar-refractivity contribution in [3.8, 4) is 0 Å². The Labute approximate surface area is 522 Å². The summed E-state index contributed by atoms with van der Waals surface area (Å²) in [7, 11) is 0. The van der Waals surface area contributed by atoms with Crippen molar-refractivity contribution in [2.24, 2.45) is 41.1 Å². The first-order valence-electron chi connectivity index (χ1n) is 30.7. The van der Waals surface area contributed by atoms with Crippen LogP contribution >= 0.6 is 0 Å². The molecule has 1 aliphatic carbocycles. The number of hydrogen-bond donors (Lipinski definition) is 14. The SMILES string of the molecule is CC[C@H](C)[C@H](NC(=O)[C@H](N)Cc1ccc2ccccc2c1)C(=O)N[C@@H](CO)C(=O)N[C@H](CCC(N)=O)C(=O)N[C@@H](C(=O)N[C@H](C(=O)N[C@@H](CO)C(=O)N[C@H]1C(=O)N[C@@H](C)C(=O)NC2(CC2CC(F)F)C(=O)N[C@@H]([C@@H](C)CC)C(=O)O[C@H]1C)[C@@H](C)CC)[C@@H](C)CC. The van der Waals surface area contributed by atoms with Crippen LogP contribution in [-0.2, 0) is 68.7 Å². The molecule has 1 heterocycles. The number of ether oxygens (including phenoxy) is 1. The number of carbonyl (C=O) groups excluding carboxylic acids is 12. The third kappa shape index (κ3) is 20.3. The van der Waals surface area contributed by atoms with E-state index < -0.39 is 212 Å². The first-order valence-corrected chi connectivity index (χ1v) is 30.7. The quantitative estimate of drug-likeness (QED) is 0.0403. The van der Waals surface area contributed by atoms with Crippen molar-refractivity contribution >= 4 is 81.7 Å². The summed E-state index contributed by atoms with van der Waals surface area (Å²) >= 11 is 0. The summed E-state index contributed by atoms with van der Waals surface area (Å²) in [6.45, 7) is 13.6. The molecule has 27 nitrogen and oxygen atoms in total. The number of halogens is 2. The van der Waals surface area contributed by atoms with Crippen LogP contribution in [0.5, 0.6) is 0 Å². The number of aliphatic hydroxyl groups excluding tert-OH is 2. The normalized spacial score (nSPS) is 23.2. The summed E-state index contributed by atoms with van der Waals surface area (Å²) in [4.78, 5) is 165. The van der Waals surface area contributed by atoms with Crippen LogP contribution in [0.2, 0.25) is 0 Å². The van der Waals surface area contributed by atoms with Gasteiger partial charge in [-0.2, -0.15) is 0 Å². The third-order valence-electron chi connectivity index (χ3n) is 17.1. The first kappa shape index (κ1) is 74.5. The number of rotatable bonds is 31. The van der Waals surface area contributed by atoms with Gasteiger partial charge in [-0.05, 0) is 79.0 Å². The second-order valence-corrected chi connectivity index (χ2v) is 23.8. The van der Waals surface area contributed by atoms with E-state index in [1.165, 1.54) is 13.8 Å². The molecule has 4 rings (SSSR count). The molecule has 0 aromatic heterocycles. The van der Waals surface area contributed by atoms with Gasteiger partial charge in [0, 0.05) is 12.8 Å². The fourth-order valence-corrected chi connectivity index (χ4v) is 10.2. The first-order chi connectivity index (χ1) is 42.4. The predicted octanol–water partition coefficient (Wildman–Crippen LogP) is -0.997. The maximum atomic E-state index is 14.4. The van der Waals surface area contributed by atoms with Gasteiger partial charge in [0.05, 0.1) is 19.3 Å². The zero-order valence-corrected chi connectivity index (χ0v) is 52.7. The molecule has 11 amide bonds. The number of hydrogen-bond acceptors (Lipinski definition) is 16. The Bertz CT molecular complexity index is 2910. The van der Waals surface area contributed by atoms with E-state index in [4.69, 9.17) is 16.2 Å². The monoisotopic (exact) mass is 1270 g/mol. The number of nitrogens with one attached hydrogen (secondary N) is 10. The molecule has 2 aromatic rings. The minimum atomic E-state index is -2.83. The van der Waals surface area contributed by atoms with Crippen molar-refractivity contribution in [3.63, 3.8) is 0 Å². The van der Waals surface area contributed by atoms with Crippen LogP contribution in [0.15, 0.2) is 42.5 Å². The van der Waals surface area contributed by atoms with Gasteiger partial charge in [-0.15, -0.1) is 0 Å². The lowest BCUT2D eigenvalue weighted by atomic mass is 9.94. The molecule has 2 aromatic carbocycles. The van der Waals surface area contributed by atoms with Crippen molar-refractivity contribution in [2.45, 2.75) is 206 Å². The van der Waals surface area contributed by atoms with E-state index in [0.717, 1.165) is 16.3 Å². The minimum absolute atomic E-state index is 0.131. The predicted molar refractivity (Wildman–Crippen MR) is 324 cm³/mol. The van der Waals surface area contributed by atoms with E-state index in [9.17, 15) is 76.5 Å². The molecule has 29 heteroatoms. The molecule has 1 saturated heterocycles. The van der Waals surface area contributed by atoms with Gasteiger partial charge in [-0.1, -0.05) is 124 Å². The molecule has 90 heavy (non-hydrogen) atoms. The lowest BCUT2D eigenvalue weighted by Crippen LogP contribution is -2.63. The van der Waals surface area contributed by atoms with E-state index in [0.29, 0.717) is 12.8 Å². The van der Waals surface area contributed by atoms with Gasteiger partial charge < -0.3 is 79.6 Å². The smallest absolute Gasteiger partial charge is 0.329 e. The Kier molecular flexibility index (Phi) is 28.4. The van der Waals surface area contributed by atoms with Crippen LogP contribution in [0, 0.1) is 29.6 Å². The number of benzene rings is 2. The molecule has 2 aliphatic rings. The minimum Gasteiger partial charge on any atom is -0.458 e. The zero-order valence-electron chi connectivity index (χ0n) is 52.7. The van der Waals surface area contributed by atoms with Crippen LogP contribution in [0.25, 0.3) is 10.8 Å². The number of nitrogens with two attached hydrogens (primary N) is 2. The molecule has 2 fully saturated rings. The fourth-order valence-electron chi connectivity index (χ4n) is 10.2. The van der Waals surface area contributed by atoms with Gasteiger partial charge in [0.25, 0.3) is 0 Å². The van der Waals surface area contributed by atoms with E-state index in [1.807, 2.05) is 42.5 Å². The summed E-state index contributed by atoms with van der Waals surface area (Å²) < 4.78 is 32.8. The number of aliphatic hydroxyl groups is 2. The zero-order chi connectivity index (χ0) is 67.5. The van der Waals surface area contributed by atoms with Gasteiger partial charge in [-0.25, -0.2) is 13.6 Å². The Morgan fingerprint density at radius 2 is 1.16 bits per heavy atom. The van der Waals surface area contributed by atoms with Crippen molar-refractivity contribution in [1.29, 1.82) is 0 Å². The van der Waals surface area contributed by atoms with Crippen molar-refractivity contribution in [1.82, 2.24) is 53.2 Å². The molecule has 0 bridgehead atoms. The van der Waals surface area contributed by atoms with Crippen LogP contribution in [0.1, 0.15) is 126 Å². The van der Waals surface area contributed by atoms with E-state index in [2.05, 4.69) is 53.2 Å². The molecule has 1 saturated carbocycles. The van der Waals surface area contributed by atoms with E-state index in [1.54, 1.807) is 55.4 Å². The maximum absolute atomic E-state index is 14.4. The number of carbonyl (C=O) groups is 12. The van der Waals surface area contributed by atoms with Crippen molar-refractivity contribution < 1.29 is 81.3 Å². The molecular weight excluding hydrogens is 1180 g/mol. The Morgan fingerprint density at radius 3 is 1.68 bits per heavy atom. The highest BCUT2D eigenvalue weighted by atomic mass is 19.3. The lowest BCUT2D eigenvalue weighted by molar-refractivity contribution is -0.157. The van der Waals surface area contributed by atoms with Gasteiger partial charge in [0.1, 0.15) is 66.0 Å². The van der Waals surface area contributed by atoms with Gasteiger partial charge >= 0.3 is 5.97 Å². The average Bonchev–Trinajstić information content (AvgIpc) is 1.59. The highest BCUT2D eigenvalue weighted by molar-refractivity contribution is 6.01. The molecule has 0 radical (unpaired) electrons. The second kappa shape index (κ2) is 34.3. The Hall–Kier alpha value is -7.92. The molecular formula is C61H92F2N12O15. The van der Waals surface area contributed by atoms with Gasteiger partial charge in [-0.3, -0.25) is 52.7 Å². The highest BCUT2D eigenvalue weighted by Gasteiger charge is 2.62. The number of amides is 11. The largest absolute Gasteiger partial charge is 0.458 e. The molecule has 16 N–H and O–H groups in total. The summed E-state index contributed by atoms with van der Waals surface area (Å²) in [6, 6.07) is -1.95. The van der Waals surface area contributed by atoms with Gasteiger partial charge in [0.2, 0.25) is 71.4 Å². The second-order valence-electron chi connectivity index (χ2n) is 23.8. The summed E-state index contributed by atoms with van der Waals surface area (Å²) in [5.74, 6) is -15.3. The topological polar surface area (TPSA) is 427 Å². The highest BCUT2D eigenvalue weighted by Crippen LogP contribution is 2.48. The molecule has 500 valence electrons. The Balaban J connectivity index is 1.51. The van der Waals surface area contributed by atoms with E-state index in [-0.39, 0.29) is 25.7 Å². The lowest BCUT2D eigenvalue weighted by Gasteiger charge is -2.31. The van der Waals surface area contributed by atoms with E-state index >= 15 is 0 Å². The van der Waals surface area contributed by atoms with Crippen LogP contribution in [0.3, 0.4) is 0 Å². The number of fused-ring (bicyclic) bond motifs is 1. The summed E-state index contributed by atoms with van der Waals surface area (Å²) in [5.41, 5.74) is 10.7. The van der Waals surface area contributed by atoms with Crippen LogP contribution in [0.4, 0.5) is 8.78 Å². The van der Waals surface area contributed by atoms with Crippen molar-refractivity contribution in [2.75, 3.05) is 13.2 Å². The molecule has 1 spiro atoms. The number of esters is 1. The average molecular weight is 1270 g/mol. The maximum Gasteiger partial charge on any atom is 0.329 e.